The SMILES string of the molecule is C=CCn1cc(C)nc1Nc1ccc(CCC)cc1. The quantitative estimate of drug-likeness (QED) is 0.788. The van der Waals surface area contributed by atoms with Crippen molar-refractivity contribution < 1.29 is 0 Å². The van der Waals surface area contributed by atoms with Gasteiger partial charge in [-0.25, -0.2) is 4.98 Å². The Labute approximate surface area is 115 Å². The number of nitrogens with zero attached hydrogens (tertiary/aromatic N) is 2. The summed E-state index contributed by atoms with van der Waals surface area (Å²) in [6, 6.07) is 8.54. The molecular formula is C16H21N3. The molecule has 19 heavy (non-hydrogen) atoms. The van der Waals surface area contributed by atoms with Crippen molar-refractivity contribution in [1.82, 2.24) is 9.55 Å². The Balaban J connectivity index is 2.13. The standard InChI is InChI=1S/C16H21N3/c1-4-6-14-7-9-15(10-8-14)18-16-17-13(3)12-19(16)11-5-2/h5,7-10,12H,2,4,6,11H2,1,3H3,(H,17,18). The highest BCUT2D eigenvalue weighted by molar-refractivity contribution is 5.54. The summed E-state index contributed by atoms with van der Waals surface area (Å²) in [5.74, 6) is 0.862. The van der Waals surface area contributed by atoms with E-state index in [-0.39, 0.29) is 0 Å². The molecular weight excluding hydrogens is 234 g/mol. The first-order valence-electron chi connectivity index (χ1n) is 6.73. The van der Waals surface area contributed by atoms with E-state index in [0.717, 1.165) is 30.3 Å². The first-order chi connectivity index (χ1) is 9.22. The molecule has 100 valence electrons. The number of benzene rings is 1. The number of rotatable bonds is 6. The molecule has 0 aliphatic carbocycles. The van der Waals surface area contributed by atoms with Crippen LogP contribution in [0.1, 0.15) is 24.6 Å². The van der Waals surface area contributed by atoms with E-state index in [9.17, 15) is 0 Å². The van der Waals surface area contributed by atoms with Gasteiger partial charge in [-0.15, -0.1) is 6.58 Å². The zero-order valence-corrected chi connectivity index (χ0v) is 11.7. The second kappa shape index (κ2) is 6.23. The maximum absolute atomic E-state index is 4.49. The summed E-state index contributed by atoms with van der Waals surface area (Å²) in [4.78, 5) is 4.49. The molecule has 0 aliphatic rings. The highest BCUT2D eigenvalue weighted by atomic mass is 15.2. The summed E-state index contributed by atoms with van der Waals surface area (Å²) in [7, 11) is 0. The number of hydrogen-bond acceptors (Lipinski definition) is 2. The Hall–Kier alpha value is -2.03. The maximum Gasteiger partial charge on any atom is 0.207 e. The Bertz CT molecular complexity index is 538. The Morgan fingerprint density at radius 3 is 2.68 bits per heavy atom. The number of imidazole rings is 1. The maximum atomic E-state index is 4.49. The van der Waals surface area contributed by atoms with Gasteiger partial charge in [-0.2, -0.15) is 0 Å². The predicted molar refractivity (Wildman–Crippen MR) is 80.9 cm³/mol. The number of allylic oxidation sites excluding steroid dienone is 1. The van der Waals surface area contributed by atoms with Crippen LogP contribution in [0, 0.1) is 6.92 Å². The van der Waals surface area contributed by atoms with Crippen molar-refractivity contribution in [3.63, 3.8) is 0 Å². The molecule has 3 nitrogen and oxygen atoms in total. The number of anilines is 2. The summed E-state index contributed by atoms with van der Waals surface area (Å²) in [5.41, 5.74) is 3.45. The molecule has 0 radical (unpaired) electrons. The Morgan fingerprint density at radius 1 is 1.32 bits per heavy atom. The molecule has 0 saturated heterocycles. The largest absolute Gasteiger partial charge is 0.326 e. The van der Waals surface area contributed by atoms with Crippen molar-refractivity contribution in [2.75, 3.05) is 5.32 Å². The van der Waals surface area contributed by atoms with Gasteiger partial charge in [0.2, 0.25) is 5.95 Å². The topological polar surface area (TPSA) is 29.9 Å². The molecule has 0 atom stereocenters. The van der Waals surface area contributed by atoms with Crippen LogP contribution in [0.4, 0.5) is 11.6 Å². The molecule has 0 bridgehead atoms. The summed E-state index contributed by atoms with van der Waals surface area (Å²) >= 11 is 0. The summed E-state index contributed by atoms with van der Waals surface area (Å²) < 4.78 is 2.06. The van der Waals surface area contributed by atoms with Gasteiger partial charge in [0.1, 0.15) is 0 Å². The van der Waals surface area contributed by atoms with E-state index in [1.54, 1.807) is 0 Å². The molecule has 2 aromatic rings. The smallest absolute Gasteiger partial charge is 0.207 e. The third kappa shape index (κ3) is 3.47. The minimum absolute atomic E-state index is 0.761. The van der Waals surface area contributed by atoms with E-state index in [2.05, 4.69) is 52.6 Å². The lowest BCUT2D eigenvalue weighted by molar-refractivity contribution is 0.832. The van der Waals surface area contributed by atoms with E-state index >= 15 is 0 Å². The van der Waals surface area contributed by atoms with Crippen molar-refractivity contribution in [3.05, 3.63) is 54.4 Å². The van der Waals surface area contributed by atoms with Crippen molar-refractivity contribution in [2.45, 2.75) is 33.2 Å². The van der Waals surface area contributed by atoms with E-state index in [1.165, 1.54) is 12.0 Å². The third-order valence-corrected chi connectivity index (χ3v) is 2.97. The minimum Gasteiger partial charge on any atom is -0.326 e. The number of aromatic nitrogens is 2. The molecule has 1 N–H and O–H groups in total. The fourth-order valence-electron chi connectivity index (χ4n) is 2.10. The summed E-state index contributed by atoms with van der Waals surface area (Å²) in [5, 5.41) is 3.35. The number of aryl methyl sites for hydroxylation is 2. The van der Waals surface area contributed by atoms with Crippen molar-refractivity contribution in [2.24, 2.45) is 0 Å². The molecule has 0 saturated carbocycles. The average Bonchev–Trinajstić information content (AvgIpc) is 2.73. The lowest BCUT2D eigenvalue weighted by atomic mass is 10.1. The second-order valence-corrected chi connectivity index (χ2v) is 4.72. The summed E-state index contributed by atoms with van der Waals surface area (Å²) in [6.07, 6.45) is 6.20. The van der Waals surface area contributed by atoms with E-state index in [4.69, 9.17) is 0 Å². The van der Waals surface area contributed by atoms with Crippen LogP contribution in [0.15, 0.2) is 43.1 Å². The van der Waals surface area contributed by atoms with Crippen LogP contribution in [0.5, 0.6) is 0 Å². The predicted octanol–water partition coefficient (Wildman–Crippen LogP) is 4.07. The molecule has 2 rings (SSSR count). The van der Waals surface area contributed by atoms with Crippen LogP contribution >= 0.6 is 0 Å². The molecule has 0 spiro atoms. The normalized spacial score (nSPS) is 10.4. The molecule has 1 aromatic heterocycles. The van der Waals surface area contributed by atoms with Gasteiger partial charge in [0.25, 0.3) is 0 Å². The number of hydrogen-bond donors (Lipinski definition) is 1. The molecule has 0 fully saturated rings. The van der Waals surface area contributed by atoms with E-state index in [0.29, 0.717) is 0 Å². The van der Waals surface area contributed by atoms with Gasteiger partial charge in [-0.1, -0.05) is 31.6 Å². The summed E-state index contributed by atoms with van der Waals surface area (Å²) in [6.45, 7) is 8.72. The first-order valence-corrected chi connectivity index (χ1v) is 6.73. The van der Waals surface area contributed by atoms with Gasteiger partial charge >= 0.3 is 0 Å². The van der Waals surface area contributed by atoms with Crippen LogP contribution in [0.3, 0.4) is 0 Å². The van der Waals surface area contributed by atoms with E-state index in [1.807, 2.05) is 19.2 Å². The van der Waals surface area contributed by atoms with Crippen molar-refractivity contribution in [1.29, 1.82) is 0 Å². The van der Waals surface area contributed by atoms with Crippen molar-refractivity contribution in [3.8, 4) is 0 Å². The average molecular weight is 255 g/mol. The second-order valence-electron chi connectivity index (χ2n) is 4.72. The minimum atomic E-state index is 0.761. The molecule has 3 heteroatoms. The lowest BCUT2D eigenvalue weighted by Crippen LogP contribution is -2.01. The highest BCUT2D eigenvalue weighted by Crippen LogP contribution is 2.17. The van der Waals surface area contributed by atoms with Gasteiger partial charge in [0, 0.05) is 18.4 Å². The Morgan fingerprint density at radius 2 is 2.05 bits per heavy atom. The van der Waals surface area contributed by atoms with Gasteiger partial charge in [0.05, 0.1) is 5.69 Å². The third-order valence-electron chi connectivity index (χ3n) is 2.97. The fraction of sp³-hybridized carbons (Fsp3) is 0.312. The van der Waals surface area contributed by atoms with Gasteiger partial charge in [-0.05, 0) is 31.0 Å². The first kappa shape index (κ1) is 13.4. The lowest BCUT2D eigenvalue weighted by Gasteiger charge is -2.08. The fourth-order valence-corrected chi connectivity index (χ4v) is 2.10. The molecule has 1 aromatic carbocycles. The molecule has 0 amide bonds. The van der Waals surface area contributed by atoms with Crippen LogP contribution in [0.2, 0.25) is 0 Å². The van der Waals surface area contributed by atoms with Gasteiger partial charge < -0.3 is 9.88 Å². The zero-order chi connectivity index (χ0) is 13.7. The van der Waals surface area contributed by atoms with Crippen molar-refractivity contribution >= 4 is 11.6 Å². The van der Waals surface area contributed by atoms with Gasteiger partial charge in [0.15, 0.2) is 0 Å². The Kier molecular flexibility index (Phi) is 4.39. The van der Waals surface area contributed by atoms with Gasteiger partial charge in [-0.3, -0.25) is 0 Å². The highest BCUT2D eigenvalue weighted by Gasteiger charge is 2.04. The molecule has 0 aliphatic heterocycles. The number of nitrogens with one attached hydrogen (secondary N) is 1. The zero-order valence-electron chi connectivity index (χ0n) is 11.7. The van der Waals surface area contributed by atoms with Crippen LogP contribution in [0.25, 0.3) is 0 Å². The van der Waals surface area contributed by atoms with Crippen LogP contribution < -0.4 is 5.32 Å². The van der Waals surface area contributed by atoms with Crippen LogP contribution in [-0.4, -0.2) is 9.55 Å². The van der Waals surface area contributed by atoms with E-state index < -0.39 is 0 Å². The van der Waals surface area contributed by atoms with Crippen LogP contribution in [-0.2, 0) is 13.0 Å². The monoisotopic (exact) mass is 255 g/mol. The molecule has 1 heterocycles. The molecule has 0 unspecified atom stereocenters.